The highest BCUT2D eigenvalue weighted by Crippen LogP contribution is 2.08. The van der Waals surface area contributed by atoms with Gasteiger partial charge < -0.3 is 5.32 Å². The van der Waals surface area contributed by atoms with Gasteiger partial charge in [0.05, 0.1) is 11.4 Å². The SMILES string of the molecule is CC(C)NCc1ccn(-c2ccc(F)cc2)n1. The monoisotopic (exact) mass is 233 g/mol. The molecule has 1 aromatic carbocycles. The minimum Gasteiger partial charge on any atom is -0.309 e. The molecule has 0 bridgehead atoms. The Hall–Kier alpha value is -1.68. The summed E-state index contributed by atoms with van der Waals surface area (Å²) in [5, 5.41) is 7.71. The largest absolute Gasteiger partial charge is 0.309 e. The number of hydrogen-bond acceptors (Lipinski definition) is 2. The zero-order valence-corrected chi connectivity index (χ0v) is 10.0. The Morgan fingerprint density at radius 1 is 1.24 bits per heavy atom. The molecule has 2 rings (SSSR count). The summed E-state index contributed by atoms with van der Waals surface area (Å²) in [4.78, 5) is 0. The second-order valence-electron chi connectivity index (χ2n) is 4.26. The summed E-state index contributed by atoms with van der Waals surface area (Å²) in [5.74, 6) is -0.234. The molecule has 90 valence electrons. The number of halogens is 1. The Morgan fingerprint density at radius 3 is 2.59 bits per heavy atom. The molecular weight excluding hydrogens is 217 g/mol. The number of hydrogen-bond donors (Lipinski definition) is 1. The summed E-state index contributed by atoms with van der Waals surface area (Å²) >= 11 is 0. The van der Waals surface area contributed by atoms with Crippen LogP contribution in [0.2, 0.25) is 0 Å². The van der Waals surface area contributed by atoms with Crippen LogP contribution in [0.1, 0.15) is 19.5 Å². The van der Waals surface area contributed by atoms with Gasteiger partial charge in [-0.1, -0.05) is 13.8 Å². The van der Waals surface area contributed by atoms with E-state index in [0.717, 1.165) is 17.9 Å². The van der Waals surface area contributed by atoms with Gasteiger partial charge in [0, 0.05) is 18.8 Å². The van der Waals surface area contributed by atoms with Crippen LogP contribution >= 0.6 is 0 Å². The van der Waals surface area contributed by atoms with Crippen molar-refractivity contribution in [3.8, 4) is 5.69 Å². The maximum Gasteiger partial charge on any atom is 0.123 e. The zero-order chi connectivity index (χ0) is 12.3. The molecule has 0 atom stereocenters. The van der Waals surface area contributed by atoms with E-state index in [-0.39, 0.29) is 5.82 Å². The number of aromatic nitrogens is 2. The first-order valence-corrected chi connectivity index (χ1v) is 5.69. The van der Waals surface area contributed by atoms with E-state index in [2.05, 4.69) is 24.3 Å². The summed E-state index contributed by atoms with van der Waals surface area (Å²) in [5.41, 5.74) is 1.84. The van der Waals surface area contributed by atoms with Gasteiger partial charge in [0.2, 0.25) is 0 Å². The van der Waals surface area contributed by atoms with Crippen molar-refractivity contribution in [3.05, 3.63) is 48.0 Å². The molecule has 0 unspecified atom stereocenters. The number of rotatable bonds is 4. The van der Waals surface area contributed by atoms with Crippen molar-refractivity contribution in [3.63, 3.8) is 0 Å². The van der Waals surface area contributed by atoms with Crippen LogP contribution in [0.3, 0.4) is 0 Å². The summed E-state index contributed by atoms with van der Waals surface area (Å²) in [6.45, 7) is 4.93. The van der Waals surface area contributed by atoms with Gasteiger partial charge in [0.1, 0.15) is 5.82 Å². The van der Waals surface area contributed by atoms with E-state index in [1.807, 2.05) is 12.3 Å². The molecule has 0 saturated carbocycles. The number of nitrogens with one attached hydrogen (secondary N) is 1. The fourth-order valence-corrected chi connectivity index (χ4v) is 1.50. The smallest absolute Gasteiger partial charge is 0.123 e. The van der Waals surface area contributed by atoms with Gasteiger partial charge in [0.25, 0.3) is 0 Å². The third-order valence-corrected chi connectivity index (χ3v) is 2.43. The van der Waals surface area contributed by atoms with E-state index >= 15 is 0 Å². The standard InChI is InChI=1S/C13H16FN3/c1-10(2)15-9-12-7-8-17(16-12)13-5-3-11(14)4-6-13/h3-8,10,15H,9H2,1-2H3. The van der Waals surface area contributed by atoms with Crippen LogP contribution in [0.25, 0.3) is 5.69 Å². The molecular formula is C13H16FN3. The van der Waals surface area contributed by atoms with E-state index < -0.39 is 0 Å². The van der Waals surface area contributed by atoms with Crippen molar-refractivity contribution < 1.29 is 4.39 Å². The molecule has 0 spiro atoms. The first-order valence-electron chi connectivity index (χ1n) is 5.69. The molecule has 0 fully saturated rings. The van der Waals surface area contributed by atoms with E-state index in [0.29, 0.717) is 6.04 Å². The number of benzene rings is 1. The molecule has 0 radical (unpaired) electrons. The summed E-state index contributed by atoms with van der Waals surface area (Å²) < 4.78 is 14.5. The predicted octanol–water partition coefficient (Wildman–Crippen LogP) is 2.51. The normalized spacial score (nSPS) is 11.1. The molecule has 0 aliphatic heterocycles. The van der Waals surface area contributed by atoms with Gasteiger partial charge >= 0.3 is 0 Å². The second-order valence-corrected chi connectivity index (χ2v) is 4.26. The quantitative estimate of drug-likeness (QED) is 0.879. The van der Waals surface area contributed by atoms with Crippen molar-refractivity contribution in [2.75, 3.05) is 0 Å². The Kier molecular flexibility index (Phi) is 3.54. The number of nitrogens with zero attached hydrogens (tertiary/aromatic N) is 2. The molecule has 4 heteroatoms. The highest BCUT2D eigenvalue weighted by atomic mass is 19.1. The zero-order valence-electron chi connectivity index (χ0n) is 10.0. The third-order valence-electron chi connectivity index (χ3n) is 2.43. The topological polar surface area (TPSA) is 29.9 Å². The fourth-order valence-electron chi connectivity index (χ4n) is 1.50. The van der Waals surface area contributed by atoms with Crippen LogP contribution in [-0.2, 0) is 6.54 Å². The van der Waals surface area contributed by atoms with Gasteiger partial charge in [0.15, 0.2) is 0 Å². The molecule has 0 aliphatic carbocycles. The molecule has 17 heavy (non-hydrogen) atoms. The third kappa shape index (κ3) is 3.14. The lowest BCUT2D eigenvalue weighted by atomic mass is 10.3. The van der Waals surface area contributed by atoms with Crippen molar-refractivity contribution in [2.45, 2.75) is 26.4 Å². The van der Waals surface area contributed by atoms with Crippen molar-refractivity contribution >= 4 is 0 Å². The summed E-state index contributed by atoms with van der Waals surface area (Å²) in [6.07, 6.45) is 1.88. The van der Waals surface area contributed by atoms with Crippen molar-refractivity contribution in [1.82, 2.24) is 15.1 Å². The predicted molar refractivity (Wildman–Crippen MR) is 65.5 cm³/mol. The molecule has 2 aromatic rings. The van der Waals surface area contributed by atoms with E-state index in [1.165, 1.54) is 12.1 Å². The Morgan fingerprint density at radius 2 is 1.94 bits per heavy atom. The lowest BCUT2D eigenvalue weighted by Crippen LogP contribution is -2.22. The van der Waals surface area contributed by atoms with Crippen molar-refractivity contribution in [2.24, 2.45) is 0 Å². The molecule has 1 N–H and O–H groups in total. The molecule has 1 heterocycles. The van der Waals surface area contributed by atoms with Crippen LogP contribution in [0.5, 0.6) is 0 Å². The molecule has 3 nitrogen and oxygen atoms in total. The van der Waals surface area contributed by atoms with E-state index in [9.17, 15) is 4.39 Å². The summed E-state index contributed by atoms with van der Waals surface area (Å²) in [7, 11) is 0. The average molecular weight is 233 g/mol. The minimum absolute atomic E-state index is 0.234. The van der Waals surface area contributed by atoms with Crippen molar-refractivity contribution in [1.29, 1.82) is 0 Å². The van der Waals surface area contributed by atoms with Crippen LogP contribution in [-0.4, -0.2) is 15.8 Å². The molecule has 0 amide bonds. The second kappa shape index (κ2) is 5.10. The van der Waals surface area contributed by atoms with Crippen LogP contribution in [0.15, 0.2) is 36.5 Å². The molecule has 1 aromatic heterocycles. The van der Waals surface area contributed by atoms with Gasteiger partial charge in [-0.05, 0) is 30.3 Å². The van der Waals surface area contributed by atoms with Gasteiger partial charge in [-0.25, -0.2) is 9.07 Å². The van der Waals surface area contributed by atoms with Crippen LogP contribution in [0, 0.1) is 5.82 Å². The lowest BCUT2D eigenvalue weighted by Gasteiger charge is -2.05. The molecule has 0 saturated heterocycles. The van der Waals surface area contributed by atoms with Crippen LogP contribution < -0.4 is 5.32 Å². The fraction of sp³-hybridized carbons (Fsp3) is 0.308. The lowest BCUT2D eigenvalue weighted by molar-refractivity contribution is 0.578. The highest BCUT2D eigenvalue weighted by molar-refractivity contribution is 5.31. The Bertz CT molecular complexity index is 474. The Balaban J connectivity index is 2.10. The first kappa shape index (κ1) is 11.8. The summed E-state index contributed by atoms with van der Waals surface area (Å²) in [6, 6.07) is 8.68. The van der Waals surface area contributed by atoms with E-state index in [4.69, 9.17) is 0 Å². The van der Waals surface area contributed by atoms with Gasteiger partial charge in [-0.2, -0.15) is 5.10 Å². The highest BCUT2D eigenvalue weighted by Gasteiger charge is 2.02. The van der Waals surface area contributed by atoms with Crippen LogP contribution in [0.4, 0.5) is 4.39 Å². The maximum atomic E-state index is 12.8. The van der Waals surface area contributed by atoms with Gasteiger partial charge in [-0.3, -0.25) is 0 Å². The van der Waals surface area contributed by atoms with E-state index in [1.54, 1.807) is 16.8 Å². The average Bonchev–Trinajstić information content (AvgIpc) is 2.76. The van der Waals surface area contributed by atoms with Gasteiger partial charge in [-0.15, -0.1) is 0 Å². The minimum atomic E-state index is -0.234. The maximum absolute atomic E-state index is 12.8. The molecule has 0 aliphatic rings. The first-order chi connectivity index (χ1) is 8.15. The Labute approximate surface area is 100 Å².